The van der Waals surface area contributed by atoms with Gasteiger partial charge in [-0.15, -0.1) is 0 Å². The van der Waals surface area contributed by atoms with Gasteiger partial charge in [0.1, 0.15) is 0 Å². The third-order valence-electron chi connectivity index (χ3n) is 0.126. The van der Waals surface area contributed by atoms with E-state index in [1.807, 2.05) is 0 Å². The summed E-state index contributed by atoms with van der Waals surface area (Å²) in [6, 6.07) is 0. The summed E-state index contributed by atoms with van der Waals surface area (Å²) in [4.78, 5) is 1.78. The van der Waals surface area contributed by atoms with Gasteiger partial charge >= 0.3 is 46.8 Å². The van der Waals surface area contributed by atoms with Crippen molar-refractivity contribution >= 4 is 36.4 Å². The van der Waals surface area contributed by atoms with Crippen molar-refractivity contribution in [3.05, 3.63) is 10.4 Å². The molecule has 0 rings (SSSR count). The summed E-state index contributed by atoms with van der Waals surface area (Å²) in [6.45, 7) is 0. The Balaban J connectivity index is 2.62. The van der Waals surface area contributed by atoms with Crippen LogP contribution in [0.5, 0.6) is 0 Å². The molecule has 5 heavy (non-hydrogen) atoms. The first kappa shape index (κ1) is 5.88. The van der Waals surface area contributed by atoms with Crippen molar-refractivity contribution in [1.29, 1.82) is 0 Å². The van der Waals surface area contributed by atoms with Gasteiger partial charge in [0.05, 0.1) is 0 Å². The second-order valence-corrected chi connectivity index (χ2v) is 2.94. The average molecular weight is 173 g/mol. The topological polar surface area (TPSA) is 0 Å². The molecule has 30 valence electrons. The Bertz CT molecular complexity index is 34.6. The fourth-order valence-corrected chi connectivity index (χ4v) is 1.11. The predicted octanol–water partition coefficient (Wildman–Crippen LogP) is 1.29. The minimum atomic E-state index is -0.333. The molecule has 0 aliphatic carbocycles. The van der Waals surface area contributed by atoms with Crippen LogP contribution in [0.3, 0.4) is 0 Å². The number of hydrogen-bond donors (Lipinski definition) is 0. The first-order valence-corrected chi connectivity index (χ1v) is 5.43. The molecule has 0 bridgehead atoms. The third-order valence-corrected chi connectivity index (χ3v) is 1.96. The van der Waals surface area contributed by atoms with Crippen molar-refractivity contribution in [2.24, 2.45) is 0 Å². The fourth-order valence-electron chi connectivity index (χ4n) is 0.0238. The maximum atomic E-state index is 5.26. The third kappa shape index (κ3) is 4.88. The van der Waals surface area contributed by atoms with Gasteiger partial charge in [0.25, 0.3) is 0 Å². The molecule has 0 radical (unpaired) electrons. The van der Waals surface area contributed by atoms with Crippen LogP contribution in [0.25, 0.3) is 0 Å². The summed E-state index contributed by atoms with van der Waals surface area (Å²) >= 11 is 4.73. The summed E-state index contributed by atoms with van der Waals surface area (Å²) < 4.78 is 0. The zero-order valence-electron chi connectivity index (χ0n) is 2.41. The second-order valence-electron chi connectivity index (χ2n) is 0.402. The molecule has 1 atom stereocenters. The van der Waals surface area contributed by atoms with Gasteiger partial charge in [-0.05, 0) is 0 Å². The van der Waals surface area contributed by atoms with Gasteiger partial charge in [-0.25, -0.2) is 0 Å². The summed E-state index contributed by atoms with van der Waals surface area (Å²) in [5.74, 6) is 0. The van der Waals surface area contributed by atoms with Crippen molar-refractivity contribution in [2.75, 3.05) is 0 Å². The van der Waals surface area contributed by atoms with E-state index in [-0.39, 0.29) is 14.8 Å². The average Bonchev–Trinajstić information content (AvgIpc) is 1.41. The first-order valence-electron chi connectivity index (χ1n) is 1.03. The van der Waals surface area contributed by atoms with Crippen LogP contribution in [-0.4, -0.2) is 14.8 Å². The standard InChI is InChI=1S/C2H3AsCl2/c4-2-1-3-5/h1-3H/b2-1+. The van der Waals surface area contributed by atoms with Crippen molar-refractivity contribution in [2.45, 2.75) is 0 Å². The summed E-state index contributed by atoms with van der Waals surface area (Å²) in [7, 11) is 5.26. The van der Waals surface area contributed by atoms with Gasteiger partial charge in [-0.1, -0.05) is 0 Å². The van der Waals surface area contributed by atoms with E-state index in [1.54, 1.807) is 4.86 Å². The summed E-state index contributed by atoms with van der Waals surface area (Å²) in [5, 5.41) is 0. The molecule has 1 unspecified atom stereocenters. The van der Waals surface area contributed by atoms with E-state index in [2.05, 4.69) is 0 Å². The zero-order chi connectivity index (χ0) is 4.12. The van der Waals surface area contributed by atoms with E-state index < -0.39 is 0 Å². The van der Waals surface area contributed by atoms with Crippen LogP contribution in [0.1, 0.15) is 0 Å². The molecule has 0 aliphatic rings. The SMILES string of the molecule is Cl/C=C/[AsH]Cl. The summed E-state index contributed by atoms with van der Waals surface area (Å²) in [6.07, 6.45) is 0. The van der Waals surface area contributed by atoms with E-state index >= 15 is 0 Å². The molecule has 0 N–H and O–H groups in total. The van der Waals surface area contributed by atoms with E-state index in [1.165, 1.54) is 5.54 Å². The molecule has 0 aromatic carbocycles. The van der Waals surface area contributed by atoms with Crippen LogP contribution in [0.4, 0.5) is 0 Å². The second kappa shape index (κ2) is 4.88. The van der Waals surface area contributed by atoms with E-state index in [0.717, 1.165) is 0 Å². The van der Waals surface area contributed by atoms with E-state index in [0.29, 0.717) is 0 Å². The molecule has 0 saturated carbocycles. The predicted molar refractivity (Wildman–Crippen MR) is 28.0 cm³/mol. The van der Waals surface area contributed by atoms with Crippen LogP contribution in [0, 0.1) is 0 Å². The number of rotatable bonds is 1. The van der Waals surface area contributed by atoms with Crippen molar-refractivity contribution in [1.82, 2.24) is 0 Å². The molecular formula is C2H3AsCl2. The van der Waals surface area contributed by atoms with Gasteiger partial charge in [0.15, 0.2) is 0 Å². The van der Waals surface area contributed by atoms with Gasteiger partial charge in [0.2, 0.25) is 0 Å². The molecule has 0 nitrogen and oxygen atoms in total. The Hall–Kier alpha value is 0.878. The zero-order valence-corrected chi connectivity index (χ0v) is 6.02. The Morgan fingerprint density at radius 3 is 2.20 bits per heavy atom. The quantitative estimate of drug-likeness (QED) is 0.524. The Morgan fingerprint density at radius 1 is 1.60 bits per heavy atom. The molecule has 0 aromatic rings. The Labute approximate surface area is 47.0 Å². The fraction of sp³-hybridized carbons (Fsp3) is 0. The normalized spacial score (nSPS) is 12.4. The summed E-state index contributed by atoms with van der Waals surface area (Å²) in [5.41, 5.74) is 1.45. The van der Waals surface area contributed by atoms with Gasteiger partial charge < -0.3 is 0 Å². The van der Waals surface area contributed by atoms with Crippen LogP contribution in [0.15, 0.2) is 10.4 Å². The first-order chi connectivity index (χ1) is 2.41. The van der Waals surface area contributed by atoms with E-state index in [4.69, 9.17) is 21.6 Å². The molecule has 0 aromatic heterocycles. The van der Waals surface area contributed by atoms with Gasteiger partial charge in [0, 0.05) is 0 Å². The number of halogens is 2. The molecule has 0 fully saturated rings. The van der Waals surface area contributed by atoms with Gasteiger partial charge in [-0.2, -0.15) is 0 Å². The minimum absolute atomic E-state index is 0.333. The van der Waals surface area contributed by atoms with E-state index in [9.17, 15) is 0 Å². The van der Waals surface area contributed by atoms with Crippen molar-refractivity contribution in [3.63, 3.8) is 0 Å². The molecule has 0 amide bonds. The monoisotopic (exact) mass is 172 g/mol. The van der Waals surface area contributed by atoms with Gasteiger partial charge in [-0.3, -0.25) is 0 Å². The molecule has 3 heteroatoms. The molecule has 0 aliphatic heterocycles. The molecule has 0 heterocycles. The maximum absolute atomic E-state index is 5.26. The Morgan fingerprint density at radius 2 is 2.20 bits per heavy atom. The van der Waals surface area contributed by atoms with Crippen LogP contribution in [-0.2, 0) is 0 Å². The van der Waals surface area contributed by atoms with Crippen LogP contribution < -0.4 is 0 Å². The van der Waals surface area contributed by atoms with Crippen LogP contribution in [0.2, 0.25) is 0 Å². The van der Waals surface area contributed by atoms with Crippen molar-refractivity contribution < 1.29 is 0 Å². The molecule has 0 spiro atoms. The number of hydrogen-bond acceptors (Lipinski definition) is 0. The van der Waals surface area contributed by atoms with Crippen LogP contribution >= 0.6 is 21.6 Å². The van der Waals surface area contributed by atoms with Crippen molar-refractivity contribution in [3.8, 4) is 0 Å². The Kier molecular flexibility index (Phi) is 5.74. The molecule has 0 saturated heterocycles. The molecular weight excluding hydrogens is 170 g/mol.